The van der Waals surface area contributed by atoms with Gasteiger partial charge in [-0.05, 0) is 44.5 Å². The summed E-state index contributed by atoms with van der Waals surface area (Å²) in [5, 5.41) is 4.38. The van der Waals surface area contributed by atoms with Crippen LogP contribution >= 0.6 is 0 Å². The van der Waals surface area contributed by atoms with Crippen LogP contribution in [0.4, 0.5) is 0 Å². The first-order valence-corrected chi connectivity index (χ1v) is 7.17. The summed E-state index contributed by atoms with van der Waals surface area (Å²) in [5.41, 5.74) is 2.74. The molecular weight excluding hydrogens is 252 g/mol. The molecule has 20 heavy (non-hydrogen) atoms. The molecule has 1 fully saturated rings. The van der Waals surface area contributed by atoms with Crippen molar-refractivity contribution in [2.75, 3.05) is 13.1 Å². The van der Waals surface area contributed by atoms with Crippen LogP contribution in [0.1, 0.15) is 35.7 Å². The average molecular weight is 270 g/mol. The first-order valence-electron chi connectivity index (χ1n) is 7.17. The maximum atomic E-state index is 12.9. The van der Waals surface area contributed by atoms with Crippen molar-refractivity contribution >= 4 is 16.9 Å². The molecule has 2 N–H and O–H groups in total. The Labute approximate surface area is 117 Å². The lowest BCUT2D eigenvalue weighted by atomic mass is 9.86. The molecule has 0 bridgehead atoms. The molecule has 4 rings (SSSR count). The number of amides is 1. The van der Waals surface area contributed by atoms with E-state index in [1.165, 1.54) is 5.56 Å². The molecule has 0 spiro atoms. The molecule has 0 unspecified atom stereocenters. The SMILES string of the molecule is CC1(N2Cc3c[nH]c4nccc(c34)C2=O)CCNCC1. The largest absolute Gasteiger partial charge is 0.346 e. The number of carbonyl (C=O) groups excluding carboxylic acids is 1. The minimum absolute atomic E-state index is 0.0487. The zero-order valence-electron chi connectivity index (χ0n) is 11.6. The molecule has 104 valence electrons. The van der Waals surface area contributed by atoms with Gasteiger partial charge in [-0.25, -0.2) is 4.98 Å². The fourth-order valence-electron chi connectivity index (χ4n) is 3.49. The second-order valence-corrected chi connectivity index (χ2v) is 6.03. The summed E-state index contributed by atoms with van der Waals surface area (Å²) in [5.74, 6) is 0.147. The van der Waals surface area contributed by atoms with Gasteiger partial charge in [0.05, 0.1) is 5.56 Å². The van der Waals surface area contributed by atoms with E-state index in [0.29, 0.717) is 6.54 Å². The molecule has 5 nitrogen and oxygen atoms in total. The van der Waals surface area contributed by atoms with Gasteiger partial charge in [0.25, 0.3) is 5.91 Å². The van der Waals surface area contributed by atoms with Crippen molar-refractivity contribution in [3.8, 4) is 0 Å². The Hall–Kier alpha value is -1.88. The molecule has 2 aromatic heterocycles. The predicted molar refractivity (Wildman–Crippen MR) is 76.5 cm³/mol. The Morgan fingerprint density at radius 1 is 1.35 bits per heavy atom. The second-order valence-electron chi connectivity index (χ2n) is 6.03. The van der Waals surface area contributed by atoms with Gasteiger partial charge in [0.2, 0.25) is 0 Å². The Morgan fingerprint density at radius 2 is 2.15 bits per heavy atom. The highest BCUT2D eigenvalue weighted by Gasteiger charge is 2.40. The molecule has 4 heterocycles. The van der Waals surface area contributed by atoms with Crippen molar-refractivity contribution in [3.05, 3.63) is 29.6 Å². The van der Waals surface area contributed by atoms with Gasteiger partial charge in [-0.3, -0.25) is 4.79 Å². The van der Waals surface area contributed by atoms with E-state index in [-0.39, 0.29) is 11.4 Å². The van der Waals surface area contributed by atoms with E-state index in [4.69, 9.17) is 0 Å². The number of hydrogen-bond acceptors (Lipinski definition) is 3. The molecular formula is C15H18N4O. The van der Waals surface area contributed by atoms with Crippen molar-refractivity contribution in [2.45, 2.75) is 31.8 Å². The number of aromatic nitrogens is 2. The van der Waals surface area contributed by atoms with Crippen molar-refractivity contribution in [1.29, 1.82) is 0 Å². The van der Waals surface area contributed by atoms with Crippen LogP contribution in [0.3, 0.4) is 0 Å². The summed E-state index contributed by atoms with van der Waals surface area (Å²) in [6.07, 6.45) is 5.72. The number of nitrogens with one attached hydrogen (secondary N) is 2. The number of carbonyl (C=O) groups is 1. The lowest BCUT2D eigenvalue weighted by Crippen LogP contribution is -2.55. The fraction of sp³-hybridized carbons (Fsp3) is 0.467. The predicted octanol–water partition coefficient (Wildman–Crippen LogP) is 1.66. The van der Waals surface area contributed by atoms with E-state index in [9.17, 15) is 4.79 Å². The second kappa shape index (κ2) is 4.06. The quantitative estimate of drug-likeness (QED) is 0.828. The van der Waals surface area contributed by atoms with Crippen LogP contribution in [0.15, 0.2) is 18.5 Å². The molecule has 1 amide bonds. The topological polar surface area (TPSA) is 61.0 Å². The highest BCUT2D eigenvalue weighted by atomic mass is 16.2. The van der Waals surface area contributed by atoms with Crippen LogP contribution in [0.25, 0.3) is 11.0 Å². The maximum absolute atomic E-state index is 12.9. The third kappa shape index (κ3) is 1.53. The van der Waals surface area contributed by atoms with Gasteiger partial charge in [-0.1, -0.05) is 0 Å². The summed E-state index contributed by atoms with van der Waals surface area (Å²) < 4.78 is 0. The van der Waals surface area contributed by atoms with Crippen molar-refractivity contribution in [3.63, 3.8) is 0 Å². The number of piperidine rings is 1. The highest BCUT2D eigenvalue weighted by molar-refractivity contribution is 6.08. The molecule has 2 aromatic rings. The Kier molecular flexibility index (Phi) is 2.41. The molecule has 0 atom stereocenters. The molecule has 2 aliphatic heterocycles. The summed E-state index contributed by atoms with van der Waals surface area (Å²) in [6.45, 7) is 4.86. The van der Waals surface area contributed by atoms with Crippen molar-refractivity contribution < 1.29 is 4.79 Å². The molecule has 1 saturated heterocycles. The summed E-state index contributed by atoms with van der Waals surface area (Å²) in [6, 6.07) is 1.85. The number of rotatable bonds is 1. The van der Waals surface area contributed by atoms with Gasteiger partial charge < -0.3 is 15.2 Å². The summed E-state index contributed by atoms with van der Waals surface area (Å²) >= 11 is 0. The van der Waals surface area contributed by atoms with Gasteiger partial charge in [-0.2, -0.15) is 0 Å². The summed E-state index contributed by atoms with van der Waals surface area (Å²) in [4.78, 5) is 22.4. The Balaban J connectivity index is 1.81. The van der Waals surface area contributed by atoms with E-state index < -0.39 is 0 Å². The number of hydrogen-bond donors (Lipinski definition) is 2. The normalized spacial score (nSPS) is 21.4. The van der Waals surface area contributed by atoms with Gasteiger partial charge >= 0.3 is 0 Å². The van der Waals surface area contributed by atoms with Gasteiger partial charge in [0.1, 0.15) is 5.65 Å². The minimum Gasteiger partial charge on any atom is -0.346 e. The molecule has 5 heteroatoms. The van der Waals surface area contributed by atoms with Crippen molar-refractivity contribution in [2.24, 2.45) is 0 Å². The molecule has 0 saturated carbocycles. The van der Waals surface area contributed by atoms with Crippen molar-refractivity contribution in [1.82, 2.24) is 20.2 Å². The average Bonchev–Trinajstić information content (AvgIpc) is 2.88. The van der Waals surface area contributed by atoms with E-state index in [1.54, 1.807) is 6.20 Å². The lowest BCUT2D eigenvalue weighted by molar-refractivity contribution is 0.0380. The molecule has 0 aromatic carbocycles. The first kappa shape index (κ1) is 11.9. The molecule has 0 radical (unpaired) electrons. The molecule has 2 aliphatic rings. The van der Waals surface area contributed by atoms with Crippen LogP contribution in [0, 0.1) is 0 Å². The van der Waals surface area contributed by atoms with E-state index in [0.717, 1.165) is 42.5 Å². The number of pyridine rings is 1. The zero-order chi connectivity index (χ0) is 13.7. The zero-order valence-corrected chi connectivity index (χ0v) is 11.6. The number of aromatic amines is 1. The van der Waals surface area contributed by atoms with Crippen LogP contribution in [0.2, 0.25) is 0 Å². The van der Waals surface area contributed by atoms with Gasteiger partial charge in [0, 0.05) is 29.9 Å². The molecule has 0 aliphatic carbocycles. The standard InChI is InChI=1S/C15H18N4O/c1-15(3-6-16-7-4-15)19-9-10-8-18-13-12(10)11(14(19)20)2-5-17-13/h2,5,8,16H,3-4,6-7,9H2,1H3,(H,17,18). The van der Waals surface area contributed by atoms with Crippen LogP contribution < -0.4 is 5.32 Å². The Bertz CT molecular complexity index is 684. The monoisotopic (exact) mass is 270 g/mol. The van der Waals surface area contributed by atoms with E-state index in [1.807, 2.05) is 12.3 Å². The third-order valence-corrected chi connectivity index (χ3v) is 4.79. The highest BCUT2D eigenvalue weighted by Crippen LogP contribution is 2.35. The van der Waals surface area contributed by atoms with E-state index >= 15 is 0 Å². The first-order chi connectivity index (χ1) is 9.69. The maximum Gasteiger partial charge on any atom is 0.255 e. The minimum atomic E-state index is -0.0487. The third-order valence-electron chi connectivity index (χ3n) is 4.79. The number of nitrogens with zero attached hydrogens (tertiary/aromatic N) is 2. The van der Waals surface area contributed by atoms with Gasteiger partial charge in [0.15, 0.2) is 0 Å². The number of H-pyrrole nitrogens is 1. The summed E-state index contributed by atoms with van der Waals surface area (Å²) in [7, 11) is 0. The lowest BCUT2D eigenvalue weighted by Gasteiger charge is -2.45. The smallest absolute Gasteiger partial charge is 0.255 e. The van der Waals surface area contributed by atoms with Crippen LogP contribution in [-0.4, -0.2) is 39.4 Å². The van der Waals surface area contributed by atoms with Gasteiger partial charge in [-0.15, -0.1) is 0 Å². The van der Waals surface area contributed by atoms with Crippen LogP contribution in [0.5, 0.6) is 0 Å². The fourth-order valence-corrected chi connectivity index (χ4v) is 3.49. The van der Waals surface area contributed by atoms with E-state index in [2.05, 4.69) is 27.1 Å². The van der Waals surface area contributed by atoms with Crippen LogP contribution in [-0.2, 0) is 6.54 Å². The Morgan fingerprint density at radius 3 is 2.95 bits per heavy atom.